The normalized spacial score (nSPS) is 14.4. The van der Waals surface area contributed by atoms with E-state index in [1.54, 1.807) is 12.1 Å². The average Bonchev–Trinajstić information content (AvgIpc) is 2.63. The standard InChI is InChI=1S/C19H24FN5O/c1-3-21-17-12-14(2)22-19(23-17)25-10-8-24(9-11-25)18(26)13-15-4-6-16(20)7-5-15/h4-7,12H,3,8-11,13H2,1-2H3,(H,21,22,23). The highest BCUT2D eigenvalue weighted by Gasteiger charge is 2.23. The lowest BCUT2D eigenvalue weighted by atomic mass is 10.1. The summed E-state index contributed by atoms with van der Waals surface area (Å²) in [6.45, 7) is 7.45. The van der Waals surface area contributed by atoms with Gasteiger partial charge in [0.25, 0.3) is 0 Å². The molecule has 1 saturated heterocycles. The first-order chi connectivity index (χ1) is 12.5. The van der Waals surface area contributed by atoms with Crippen molar-refractivity contribution in [3.05, 3.63) is 47.4 Å². The molecule has 0 unspecified atom stereocenters. The van der Waals surface area contributed by atoms with E-state index in [1.807, 2.05) is 24.8 Å². The second kappa shape index (κ2) is 8.12. The van der Waals surface area contributed by atoms with Gasteiger partial charge in [-0.05, 0) is 31.5 Å². The van der Waals surface area contributed by atoms with Crippen LogP contribution in [0.25, 0.3) is 0 Å². The van der Waals surface area contributed by atoms with Gasteiger partial charge in [0.15, 0.2) is 0 Å². The summed E-state index contributed by atoms with van der Waals surface area (Å²) in [5.41, 5.74) is 1.75. The number of benzene rings is 1. The van der Waals surface area contributed by atoms with Crippen molar-refractivity contribution in [2.24, 2.45) is 0 Å². The first kappa shape index (κ1) is 18.1. The largest absolute Gasteiger partial charge is 0.370 e. The number of hydrogen-bond donors (Lipinski definition) is 1. The number of nitrogens with one attached hydrogen (secondary N) is 1. The quantitative estimate of drug-likeness (QED) is 0.889. The van der Waals surface area contributed by atoms with Crippen LogP contribution in [0.4, 0.5) is 16.2 Å². The number of piperazine rings is 1. The van der Waals surface area contributed by atoms with E-state index in [-0.39, 0.29) is 11.7 Å². The fraction of sp³-hybridized carbons (Fsp3) is 0.421. The Balaban J connectivity index is 1.58. The van der Waals surface area contributed by atoms with E-state index in [2.05, 4.69) is 20.2 Å². The van der Waals surface area contributed by atoms with E-state index in [0.717, 1.165) is 23.6 Å². The third-order valence-corrected chi connectivity index (χ3v) is 4.38. The van der Waals surface area contributed by atoms with Gasteiger partial charge in [0, 0.05) is 44.5 Å². The molecule has 1 aromatic heterocycles. The van der Waals surface area contributed by atoms with Crippen LogP contribution in [0.1, 0.15) is 18.2 Å². The molecule has 0 bridgehead atoms. The van der Waals surface area contributed by atoms with E-state index < -0.39 is 0 Å². The summed E-state index contributed by atoms with van der Waals surface area (Å²) in [5.74, 6) is 1.30. The maximum Gasteiger partial charge on any atom is 0.227 e. The molecule has 1 N–H and O–H groups in total. The summed E-state index contributed by atoms with van der Waals surface area (Å²) in [5, 5.41) is 3.22. The summed E-state index contributed by atoms with van der Waals surface area (Å²) < 4.78 is 13.0. The van der Waals surface area contributed by atoms with Crippen LogP contribution in [-0.2, 0) is 11.2 Å². The molecule has 138 valence electrons. The van der Waals surface area contributed by atoms with Crippen molar-refractivity contribution in [1.82, 2.24) is 14.9 Å². The van der Waals surface area contributed by atoms with Gasteiger partial charge in [-0.25, -0.2) is 9.37 Å². The van der Waals surface area contributed by atoms with E-state index in [9.17, 15) is 9.18 Å². The molecule has 1 amide bonds. The van der Waals surface area contributed by atoms with E-state index in [1.165, 1.54) is 12.1 Å². The molecule has 6 nitrogen and oxygen atoms in total. The predicted molar refractivity (Wildman–Crippen MR) is 99.8 cm³/mol. The van der Waals surface area contributed by atoms with E-state index in [4.69, 9.17) is 0 Å². The zero-order valence-corrected chi connectivity index (χ0v) is 15.2. The van der Waals surface area contributed by atoms with Gasteiger partial charge in [-0.1, -0.05) is 12.1 Å². The van der Waals surface area contributed by atoms with Crippen LogP contribution in [0.5, 0.6) is 0 Å². The summed E-state index contributed by atoms with van der Waals surface area (Å²) in [7, 11) is 0. The first-order valence-electron chi connectivity index (χ1n) is 8.92. The fourth-order valence-electron chi connectivity index (χ4n) is 3.01. The number of amides is 1. The van der Waals surface area contributed by atoms with Gasteiger partial charge in [0.1, 0.15) is 11.6 Å². The number of aromatic nitrogens is 2. The molecule has 0 aliphatic carbocycles. The molecule has 1 aromatic carbocycles. The molecule has 2 heterocycles. The summed E-state index contributed by atoms with van der Waals surface area (Å²) in [4.78, 5) is 25.5. The molecule has 1 aliphatic heterocycles. The minimum Gasteiger partial charge on any atom is -0.370 e. The Hall–Kier alpha value is -2.70. The smallest absolute Gasteiger partial charge is 0.227 e. The lowest BCUT2D eigenvalue weighted by Crippen LogP contribution is -2.49. The van der Waals surface area contributed by atoms with Gasteiger partial charge >= 0.3 is 0 Å². The van der Waals surface area contributed by atoms with E-state index in [0.29, 0.717) is 38.5 Å². The molecule has 0 atom stereocenters. The fourth-order valence-corrected chi connectivity index (χ4v) is 3.01. The third kappa shape index (κ3) is 4.47. The molecule has 0 spiro atoms. The SMILES string of the molecule is CCNc1cc(C)nc(N2CCN(C(=O)Cc3ccc(F)cc3)CC2)n1. The van der Waals surface area contributed by atoms with Crippen LogP contribution >= 0.6 is 0 Å². The molecular weight excluding hydrogens is 333 g/mol. The second-order valence-corrected chi connectivity index (χ2v) is 6.40. The summed E-state index contributed by atoms with van der Waals surface area (Å²) >= 11 is 0. The van der Waals surface area contributed by atoms with Gasteiger partial charge in [-0.15, -0.1) is 0 Å². The monoisotopic (exact) mass is 357 g/mol. The van der Waals surface area contributed by atoms with Crippen molar-refractivity contribution in [3.8, 4) is 0 Å². The molecular formula is C19H24FN5O. The second-order valence-electron chi connectivity index (χ2n) is 6.40. The molecule has 0 radical (unpaired) electrons. The van der Waals surface area contributed by atoms with E-state index >= 15 is 0 Å². The van der Waals surface area contributed by atoms with Crippen LogP contribution in [0.15, 0.2) is 30.3 Å². The van der Waals surface area contributed by atoms with Crippen molar-refractivity contribution in [2.75, 3.05) is 42.9 Å². The van der Waals surface area contributed by atoms with Crippen molar-refractivity contribution < 1.29 is 9.18 Å². The molecule has 1 fully saturated rings. The Morgan fingerprint density at radius 1 is 1.15 bits per heavy atom. The first-order valence-corrected chi connectivity index (χ1v) is 8.92. The number of hydrogen-bond acceptors (Lipinski definition) is 5. The summed E-state index contributed by atoms with van der Waals surface area (Å²) in [6, 6.07) is 8.02. The molecule has 7 heteroatoms. The number of carbonyl (C=O) groups is 1. The highest BCUT2D eigenvalue weighted by atomic mass is 19.1. The highest BCUT2D eigenvalue weighted by molar-refractivity contribution is 5.79. The zero-order valence-electron chi connectivity index (χ0n) is 15.2. The van der Waals surface area contributed by atoms with Gasteiger partial charge in [-0.2, -0.15) is 4.98 Å². The number of anilines is 2. The van der Waals surface area contributed by atoms with Crippen molar-refractivity contribution in [2.45, 2.75) is 20.3 Å². The Morgan fingerprint density at radius 2 is 1.85 bits per heavy atom. The molecule has 0 saturated carbocycles. The predicted octanol–water partition coefficient (Wildman–Crippen LogP) is 2.25. The van der Waals surface area contributed by atoms with Crippen molar-refractivity contribution in [3.63, 3.8) is 0 Å². The Morgan fingerprint density at radius 3 is 2.50 bits per heavy atom. The number of carbonyl (C=O) groups excluding carboxylic acids is 1. The number of rotatable bonds is 5. The molecule has 1 aliphatic rings. The zero-order chi connectivity index (χ0) is 18.5. The van der Waals surface area contributed by atoms with Gasteiger partial charge in [0.2, 0.25) is 11.9 Å². The van der Waals surface area contributed by atoms with Crippen molar-refractivity contribution >= 4 is 17.7 Å². The Labute approximate surface area is 153 Å². The van der Waals surface area contributed by atoms with Crippen molar-refractivity contribution in [1.29, 1.82) is 0 Å². The Kier molecular flexibility index (Phi) is 5.65. The van der Waals surface area contributed by atoms with Gasteiger partial charge < -0.3 is 15.1 Å². The summed E-state index contributed by atoms with van der Waals surface area (Å²) in [6.07, 6.45) is 0.297. The van der Waals surface area contributed by atoms with Gasteiger partial charge in [0.05, 0.1) is 6.42 Å². The van der Waals surface area contributed by atoms with Crippen LogP contribution in [0.2, 0.25) is 0 Å². The lowest BCUT2D eigenvalue weighted by Gasteiger charge is -2.35. The number of halogens is 1. The lowest BCUT2D eigenvalue weighted by molar-refractivity contribution is -0.130. The molecule has 3 rings (SSSR count). The third-order valence-electron chi connectivity index (χ3n) is 4.38. The molecule has 26 heavy (non-hydrogen) atoms. The minimum absolute atomic E-state index is 0.0646. The molecule has 2 aromatic rings. The van der Waals surface area contributed by atoms with Crippen LogP contribution in [0.3, 0.4) is 0 Å². The average molecular weight is 357 g/mol. The van der Waals surface area contributed by atoms with Crippen LogP contribution in [-0.4, -0.2) is 53.5 Å². The Bertz CT molecular complexity index is 757. The highest BCUT2D eigenvalue weighted by Crippen LogP contribution is 2.16. The van der Waals surface area contributed by atoms with Crippen LogP contribution in [0, 0.1) is 12.7 Å². The van der Waals surface area contributed by atoms with Gasteiger partial charge in [-0.3, -0.25) is 4.79 Å². The minimum atomic E-state index is -0.287. The number of nitrogens with zero attached hydrogens (tertiary/aromatic N) is 4. The maximum absolute atomic E-state index is 13.0. The maximum atomic E-state index is 13.0. The topological polar surface area (TPSA) is 61.4 Å². The van der Waals surface area contributed by atoms with Crippen LogP contribution < -0.4 is 10.2 Å². The number of aryl methyl sites for hydroxylation is 1.